The van der Waals surface area contributed by atoms with E-state index in [1.165, 1.54) is 36.8 Å². The number of fused-ring (bicyclic) bond motifs is 8. The van der Waals surface area contributed by atoms with Gasteiger partial charge in [0.1, 0.15) is 0 Å². The van der Waals surface area contributed by atoms with Crippen molar-refractivity contribution in [2.24, 2.45) is 11.8 Å². The van der Waals surface area contributed by atoms with Gasteiger partial charge in [0, 0.05) is 5.41 Å². The molecule has 0 aromatic heterocycles. The van der Waals surface area contributed by atoms with Crippen molar-refractivity contribution in [3.05, 3.63) is 59.2 Å². The first kappa shape index (κ1) is 13.8. The maximum atomic E-state index is 2.43. The minimum Gasteiger partial charge on any atom is -0.0619 e. The van der Waals surface area contributed by atoms with E-state index in [1.807, 2.05) is 0 Å². The summed E-state index contributed by atoms with van der Waals surface area (Å²) >= 11 is 0. The van der Waals surface area contributed by atoms with Crippen LogP contribution in [0.15, 0.2) is 42.5 Å². The van der Waals surface area contributed by atoms with Crippen LogP contribution in [0.2, 0.25) is 0 Å². The summed E-state index contributed by atoms with van der Waals surface area (Å²) in [6.45, 7) is 7.14. The summed E-state index contributed by atoms with van der Waals surface area (Å²) in [7, 11) is 0. The lowest BCUT2D eigenvalue weighted by Crippen LogP contribution is -2.34. The Kier molecular flexibility index (Phi) is 2.58. The first-order valence-corrected chi connectivity index (χ1v) is 9.25. The van der Waals surface area contributed by atoms with E-state index >= 15 is 0 Å². The highest BCUT2D eigenvalue weighted by molar-refractivity contribution is 5.83. The van der Waals surface area contributed by atoms with Gasteiger partial charge in [0.15, 0.2) is 0 Å². The summed E-state index contributed by atoms with van der Waals surface area (Å²) in [5.74, 6) is 1.81. The molecule has 3 aliphatic rings. The van der Waals surface area contributed by atoms with Gasteiger partial charge in [-0.05, 0) is 64.3 Å². The fourth-order valence-corrected chi connectivity index (χ4v) is 6.09. The van der Waals surface area contributed by atoms with Crippen LogP contribution >= 0.6 is 0 Å². The topological polar surface area (TPSA) is 0 Å². The molecule has 0 heterocycles. The van der Waals surface area contributed by atoms with Crippen LogP contribution < -0.4 is 0 Å². The smallest absolute Gasteiger partial charge is 0.0249 e. The molecule has 0 radical (unpaired) electrons. The summed E-state index contributed by atoms with van der Waals surface area (Å²) in [6.07, 6.45) is 5.72. The van der Waals surface area contributed by atoms with E-state index in [2.05, 4.69) is 63.2 Å². The third kappa shape index (κ3) is 1.62. The van der Waals surface area contributed by atoms with Crippen LogP contribution in [0.5, 0.6) is 0 Å². The van der Waals surface area contributed by atoms with Gasteiger partial charge in [0.25, 0.3) is 0 Å². The number of hydrogen-bond donors (Lipinski definition) is 0. The Morgan fingerprint density at radius 1 is 0.913 bits per heavy atom. The van der Waals surface area contributed by atoms with E-state index in [1.54, 1.807) is 16.7 Å². The largest absolute Gasteiger partial charge is 0.0619 e. The summed E-state index contributed by atoms with van der Waals surface area (Å²) in [5, 5.41) is 0. The van der Waals surface area contributed by atoms with Gasteiger partial charge >= 0.3 is 0 Å². The van der Waals surface area contributed by atoms with E-state index < -0.39 is 0 Å². The SMILES string of the molecule is CC(C)(C)c1cccc2c1C1(CC3CCC1C3)c1ccccc1-2. The maximum Gasteiger partial charge on any atom is 0.0249 e. The van der Waals surface area contributed by atoms with Crippen LogP contribution in [0.4, 0.5) is 0 Å². The van der Waals surface area contributed by atoms with Crippen LogP contribution in [-0.4, -0.2) is 0 Å². The minimum absolute atomic E-state index is 0.211. The quantitative estimate of drug-likeness (QED) is 0.554. The Labute approximate surface area is 139 Å². The Morgan fingerprint density at radius 2 is 1.70 bits per heavy atom. The number of hydrogen-bond acceptors (Lipinski definition) is 0. The second-order valence-electron chi connectivity index (χ2n) is 9.08. The fraction of sp³-hybridized carbons (Fsp3) is 0.478. The molecule has 1 spiro atoms. The van der Waals surface area contributed by atoms with Gasteiger partial charge < -0.3 is 0 Å². The second-order valence-corrected chi connectivity index (χ2v) is 9.08. The van der Waals surface area contributed by atoms with E-state index in [9.17, 15) is 0 Å². The van der Waals surface area contributed by atoms with E-state index in [-0.39, 0.29) is 5.41 Å². The zero-order valence-electron chi connectivity index (χ0n) is 14.5. The monoisotopic (exact) mass is 302 g/mol. The molecular formula is C23H26. The molecule has 0 nitrogen and oxygen atoms in total. The second kappa shape index (κ2) is 4.29. The standard InChI is InChI=1S/C23H26/c1-22(2,3)20-10-6-8-18-17-7-4-5-9-19(17)23(21(18)20)14-15-11-12-16(23)13-15/h4-10,15-16H,11-14H2,1-3H3. The molecule has 2 saturated carbocycles. The molecule has 23 heavy (non-hydrogen) atoms. The van der Waals surface area contributed by atoms with Crippen molar-refractivity contribution in [2.75, 3.05) is 0 Å². The number of rotatable bonds is 0. The molecule has 0 aliphatic heterocycles. The van der Waals surface area contributed by atoms with Crippen molar-refractivity contribution in [2.45, 2.75) is 57.3 Å². The van der Waals surface area contributed by atoms with Gasteiger partial charge in [-0.25, -0.2) is 0 Å². The van der Waals surface area contributed by atoms with Gasteiger partial charge in [-0.1, -0.05) is 69.7 Å². The molecule has 3 unspecified atom stereocenters. The predicted molar refractivity (Wildman–Crippen MR) is 96.8 cm³/mol. The van der Waals surface area contributed by atoms with Gasteiger partial charge in [0.2, 0.25) is 0 Å². The highest BCUT2D eigenvalue weighted by Crippen LogP contribution is 2.66. The third-order valence-electron chi connectivity index (χ3n) is 6.87. The van der Waals surface area contributed by atoms with Crippen molar-refractivity contribution in [1.29, 1.82) is 0 Å². The Morgan fingerprint density at radius 3 is 2.39 bits per heavy atom. The molecule has 0 heteroatoms. The van der Waals surface area contributed by atoms with Crippen molar-refractivity contribution < 1.29 is 0 Å². The third-order valence-corrected chi connectivity index (χ3v) is 6.87. The van der Waals surface area contributed by atoms with Gasteiger partial charge in [-0.2, -0.15) is 0 Å². The van der Waals surface area contributed by atoms with Gasteiger partial charge in [0.05, 0.1) is 0 Å². The van der Waals surface area contributed by atoms with Gasteiger partial charge in [-0.15, -0.1) is 0 Å². The van der Waals surface area contributed by atoms with E-state index in [0.717, 1.165) is 11.8 Å². The average Bonchev–Trinajstić information content (AvgIpc) is 3.21. The lowest BCUT2D eigenvalue weighted by atomic mass is 9.63. The summed E-state index contributed by atoms with van der Waals surface area (Å²) in [6, 6.07) is 16.3. The van der Waals surface area contributed by atoms with Crippen molar-refractivity contribution in [1.82, 2.24) is 0 Å². The van der Waals surface area contributed by atoms with Crippen LogP contribution in [0.3, 0.4) is 0 Å². The summed E-state index contributed by atoms with van der Waals surface area (Å²) in [4.78, 5) is 0. The molecule has 3 atom stereocenters. The molecule has 118 valence electrons. The van der Waals surface area contributed by atoms with Crippen LogP contribution in [0.1, 0.15) is 63.1 Å². The van der Waals surface area contributed by atoms with E-state index in [4.69, 9.17) is 0 Å². The Balaban J connectivity index is 1.88. The van der Waals surface area contributed by atoms with Crippen LogP contribution in [-0.2, 0) is 10.8 Å². The van der Waals surface area contributed by atoms with Crippen molar-refractivity contribution in [3.63, 3.8) is 0 Å². The maximum absolute atomic E-state index is 2.43. The zero-order valence-corrected chi connectivity index (χ0v) is 14.5. The Bertz CT molecular complexity index is 792. The molecule has 2 aromatic carbocycles. The van der Waals surface area contributed by atoms with Gasteiger partial charge in [-0.3, -0.25) is 0 Å². The van der Waals surface area contributed by atoms with Crippen molar-refractivity contribution >= 4 is 0 Å². The lowest BCUT2D eigenvalue weighted by molar-refractivity contribution is 0.322. The first-order chi connectivity index (χ1) is 11.0. The number of benzene rings is 2. The minimum atomic E-state index is 0.211. The molecule has 2 bridgehead atoms. The van der Waals surface area contributed by atoms with Crippen LogP contribution in [0, 0.1) is 11.8 Å². The summed E-state index contributed by atoms with van der Waals surface area (Å²) < 4.78 is 0. The molecule has 0 saturated heterocycles. The molecule has 0 amide bonds. The fourth-order valence-electron chi connectivity index (χ4n) is 6.09. The molecule has 3 aliphatic carbocycles. The summed E-state index contributed by atoms with van der Waals surface area (Å²) in [5.41, 5.74) is 8.49. The molecule has 2 aromatic rings. The molecule has 5 rings (SSSR count). The average molecular weight is 302 g/mol. The molecule has 2 fully saturated rings. The van der Waals surface area contributed by atoms with Crippen molar-refractivity contribution in [3.8, 4) is 11.1 Å². The zero-order chi connectivity index (χ0) is 15.8. The highest BCUT2D eigenvalue weighted by atomic mass is 14.6. The molecule has 0 N–H and O–H groups in total. The predicted octanol–water partition coefficient (Wildman–Crippen LogP) is 6.07. The Hall–Kier alpha value is -1.56. The molecular weight excluding hydrogens is 276 g/mol. The first-order valence-electron chi connectivity index (χ1n) is 9.25. The highest BCUT2D eigenvalue weighted by Gasteiger charge is 2.57. The normalized spacial score (nSPS) is 30.7. The van der Waals surface area contributed by atoms with E-state index in [0.29, 0.717) is 5.41 Å². The van der Waals surface area contributed by atoms with Crippen LogP contribution in [0.25, 0.3) is 11.1 Å². The lowest BCUT2D eigenvalue weighted by Gasteiger charge is -2.39.